The van der Waals surface area contributed by atoms with E-state index < -0.39 is 0 Å². The number of amides is 1. The molecule has 0 bridgehead atoms. The number of carbonyl (C=O) groups is 1. The highest BCUT2D eigenvalue weighted by atomic mass is 16.3. The lowest BCUT2D eigenvalue weighted by molar-refractivity contribution is -0.123. The van der Waals surface area contributed by atoms with Crippen LogP contribution >= 0.6 is 0 Å². The van der Waals surface area contributed by atoms with Gasteiger partial charge in [-0.1, -0.05) is 12.1 Å². The van der Waals surface area contributed by atoms with Crippen molar-refractivity contribution in [3.05, 3.63) is 65.7 Å². The molecule has 1 saturated carbocycles. The smallest absolute Gasteiger partial charge is 0.224 e. The molecule has 2 aromatic heterocycles. The molecule has 6 heteroatoms. The minimum absolute atomic E-state index is 0.0103. The Bertz CT molecular complexity index is 1210. The topological polar surface area (TPSA) is 94.7 Å². The minimum atomic E-state index is -0.248. The van der Waals surface area contributed by atoms with Crippen molar-refractivity contribution in [1.29, 1.82) is 5.26 Å². The average molecular weight is 370 g/mol. The van der Waals surface area contributed by atoms with Crippen molar-refractivity contribution in [2.45, 2.75) is 25.3 Å². The van der Waals surface area contributed by atoms with Gasteiger partial charge in [0, 0.05) is 17.2 Å². The van der Waals surface area contributed by atoms with Crippen LogP contribution in [0, 0.1) is 17.2 Å². The molecule has 6 nitrogen and oxygen atoms in total. The SMILES string of the molecule is C[C@@H](NC(=O)[C@H]1C[C@@H]1c1nc2ccccc2[nH]1)c1cc2cc(C#N)ccc2o1. The first kappa shape index (κ1) is 16.6. The van der Waals surface area contributed by atoms with Crippen molar-refractivity contribution in [2.75, 3.05) is 0 Å². The maximum Gasteiger partial charge on any atom is 0.224 e. The van der Waals surface area contributed by atoms with Gasteiger partial charge in [-0.3, -0.25) is 4.79 Å². The number of nitriles is 1. The van der Waals surface area contributed by atoms with E-state index in [4.69, 9.17) is 9.68 Å². The van der Waals surface area contributed by atoms with E-state index in [2.05, 4.69) is 21.4 Å². The fourth-order valence-electron chi connectivity index (χ4n) is 3.67. The van der Waals surface area contributed by atoms with Gasteiger partial charge in [-0.2, -0.15) is 5.26 Å². The molecular weight excluding hydrogens is 352 g/mol. The van der Waals surface area contributed by atoms with Gasteiger partial charge in [0.2, 0.25) is 5.91 Å². The second kappa shape index (κ2) is 6.24. The van der Waals surface area contributed by atoms with E-state index in [0.29, 0.717) is 16.9 Å². The second-order valence-electron chi connectivity index (χ2n) is 7.33. The summed E-state index contributed by atoms with van der Waals surface area (Å²) in [4.78, 5) is 20.6. The molecule has 28 heavy (non-hydrogen) atoms. The van der Waals surface area contributed by atoms with E-state index in [1.807, 2.05) is 37.3 Å². The summed E-state index contributed by atoms with van der Waals surface area (Å²) < 4.78 is 5.84. The van der Waals surface area contributed by atoms with Gasteiger partial charge in [0.1, 0.15) is 17.2 Å². The Kier molecular flexibility index (Phi) is 3.69. The Morgan fingerprint density at radius 1 is 1.32 bits per heavy atom. The number of nitrogens with zero attached hydrogens (tertiary/aromatic N) is 2. The molecule has 3 atom stereocenters. The zero-order chi connectivity index (χ0) is 19.3. The second-order valence-corrected chi connectivity index (χ2v) is 7.33. The Morgan fingerprint density at radius 3 is 3.00 bits per heavy atom. The molecule has 1 amide bonds. The molecule has 1 fully saturated rings. The molecule has 4 aromatic rings. The van der Waals surface area contributed by atoms with Crippen LogP contribution in [0.25, 0.3) is 22.0 Å². The van der Waals surface area contributed by atoms with Gasteiger partial charge in [-0.15, -0.1) is 0 Å². The molecule has 0 spiro atoms. The molecule has 2 heterocycles. The zero-order valence-corrected chi connectivity index (χ0v) is 15.3. The van der Waals surface area contributed by atoms with E-state index >= 15 is 0 Å². The van der Waals surface area contributed by atoms with Crippen molar-refractivity contribution in [1.82, 2.24) is 15.3 Å². The molecule has 138 valence electrons. The van der Waals surface area contributed by atoms with E-state index in [-0.39, 0.29) is 23.8 Å². The molecule has 0 aliphatic heterocycles. The summed E-state index contributed by atoms with van der Waals surface area (Å²) in [6.45, 7) is 1.90. The minimum Gasteiger partial charge on any atom is -0.459 e. The van der Waals surface area contributed by atoms with Gasteiger partial charge in [-0.25, -0.2) is 4.98 Å². The third-order valence-electron chi connectivity index (χ3n) is 5.34. The summed E-state index contributed by atoms with van der Waals surface area (Å²) in [5, 5.41) is 12.9. The number of furan rings is 1. The van der Waals surface area contributed by atoms with E-state index in [1.165, 1.54) is 0 Å². The number of fused-ring (bicyclic) bond motifs is 2. The molecule has 0 unspecified atom stereocenters. The third kappa shape index (κ3) is 2.81. The van der Waals surface area contributed by atoms with Crippen LogP contribution in [0.15, 0.2) is 52.9 Å². The lowest BCUT2D eigenvalue weighted by Crippen LogP contribution is -2.28. The number of H-pyrrole nitrogens is 1. The highest BCUT2D eigenvalue weighted by Gasteiger charge is 2.46. The van der Waals surface area contributed by atoms with Crippen molar-refractivity contribution >= 4 is 27.9 Å². The van der Waals surface area contributed by atoms with Crippen LogP contribution in [0.5, 0.6) is 0 Å². The molecule has 2 aromatic carbocycles. The van der Waals surface area contributed by atoms with Gasteiger partial charge in [0.25, 0.3) is 0 Å². The number of nitrogens with one attached hydrogen (secondary N) is 2. The van der Waals surface area contributed by atoms with Gasteiger partial charge in [0.05, 0.1) is 28.7 Å². The zero-order valence-electron chi connectivity index (χ0n) is 15.3. The predicted octanol–water partition coefficient (Wildman–Crippen LogP) is 4.16. The third-order valence-corrected chi connectivity index (χ3v) is 5.34. The molecular formula is C22H18N4O2. The number of hydrogen-bond donors (Lipinski definition) is 2. The molecule has 0 saturated heterocycles. The highest BCUT2D eigenvalue weighted by molar-refractivity contribution is 5.84. The van der Waals surface area contributed by atoms with Gasteiger partial charge in [0.15, 0.2) is 0 Å². The van der Waals surface area contributed by atoms with Crippen LogP contribution in [0.1, 0.15) is 42.5 Å². The first-order valence-corrected chi connectivity index (χ1v) is 9.31. The standard InChI is InChI=1S/C22H18N4O2/c1-12(20-9-14-8-13(11-23)6-7-19(14)28-20)24-22(27)16-10-15(16)21-25-17-4-2-3-5-18(17)26-21/h2-9,12,15-16H,10H2,1H3,(H,24,27)(H,25,26)/t12-,15+,16+/m1/s1. The molecule has 2 N–H and O–H groups in total. The van der Waals surface area contributed by atoms with Crippen LogP contribution < -0.4 is 5.32 Å². The van der Waals surface area contributed by atoms with Gasteiger partial charge < -0.3 is 14.7 Å². The van der Waals surface area contributed by atoms with E-state index in [0.717, 1.165) is 28.7 Å². The Hall–Kier alpha value is -3.59. The average Bonchev–Trinajstić information content (AvgIpc) is 3.21. The normalized spacial score (nSPS) is 19.4. The number of hydrogen-bond acceptors (Lipinski definition) is 4. The molecule has 1 aliphatic rings. The Labute approximate surface area is 161 Å². The lowest BCUT2D eigenvalue weighted by atomic mass is 10.1. The largest absolute Gasteiger partial charge is 0.459 e. The number of carbonyl (C=O) groups excluding carboxylic acids is 1. The quantitative estimate of drug-likeness (QED) is 0.564. The summed E-state index contributed by atoms with van der Waals surface area (Å²) in [6.07, 6.45) is 0.796. The Morgan fingerprint density at radius 2 is 2.18 bits per heavy atom. The van der Waals surface area contributed by atoms with Gasteiger partial charge >= 0.3 is 0 Å². The molecule has 5 rings (SSSR count). The number of para-hydroxylation sites is 2. The number of benzene rings is 2. The lowest BCUT2D eigenvalue weighted by Gasteiger charge is -2.11. The summed E-state index contributed by atoms with van der Waals surface area (Å²) in [5.74, 6) is 1.63. The van der Waals surface area contributed by atoms with Crippen LogP contribution in [0.3, 0.4) is 0 Å². The van der Waals surface area contributed by atoms with Crippen molar-refractivity contribution in [2.24, 2.45) is 5.92 Å². The first-order valence-electron chi connectivity index (χ1n) is 9.31. The number of imidazole rings is 1. The number of aromatic amines is 1. The fourth-order valence-corrected chi connectivity index (χ4v) is 3.67. The highest BCUT2D eigenvalue weighted by Crippen LogP contribution is 2.47. The van der Waals surface area contributed by atoms with Crippen LogP contribution in [-0.4, -0.2) is 15.9 Å². The molecule has 1 aliphatic carbocycles. The fraction of sp³-hybridized carbons (Fsp3) is 0.227. The van der Waals surface area contributed by atoms with Crippen LogP contribution in [0.2, 0.25) is 0 Å². The van der Waals surface area contributed by atoms with Crippen LogP contribution in [0.4, 0.5) is 0 Å². The van der Waals surface area contributed by atoms with Crippen molar-refractivity contribution in [3.8, 4) is 6.07 Å². The van der Waals surface area contributed by atoms with E-state index in [1.54, 1.807) is 18.2 Å². The summed E-state index contributed by atoms with van der Waals surface area (Å²) in [7, 11) is 0. The maximum atomic E-state index is 12.7. The summed E-state index contributed by atoms with van der Waals surface area (Å²) in [5.41, 5.74) is 3.22. The van der Waals surface area contributed by atoms with Gasteiger partial charge in [-0.05, 0) is 49.7 Å². The first-order chi connectivity index (χ1) is 13.6. The summed E-state index contributed by atoms with van der Waals surface area (Å²) in [6, 6.07) is 16.9. The maximum absolute atomic E-state index is 12.7. The predicted molar refractivity (Wildman–Crippen MR) is 104 cm³/mol. The van der Waals surface area contributed by atoms with Crippen LogP contribution in [-0.2, 0) is 4.79 Å². The monoisotopic (exact) mass is 370 g/mol. The number of rotatable bonds is 4. The summed E-state index contributed by atoms with van der Waals surface area (Å²) >= 11 is 0. The Balaban J connectivity index is 1.28. The van der Waals surface area contributed by atoms with E-state index in [9.17, 15) is 4.79 Å². The number of aromatic nitrogens is 2. The van der Waals surface area contributed by atoms with Crippen molar-refractivity contribution < 1.29 is 9.21 Å². The van der Waals surface area contributed by atoms with Crippen molar-refractivity contribution in [3.63, 3.8) is 0 Å². The molecule has 0 radical (unpaired) electrons.